The highest BCUT2D eigenvalue weighted by Crippen LogP contribution is 2.31. The molecule has 1 saturated carbocycles. The van der Waals surface area contributed by atoms with Crippen LogP contribution in [0.1, 0.15) is 23.4 Å². The fourth-order valence-corrected chi connectivity index (χ4v) is 3.19. The Bertz CT molecular complexity index is 972. The van der Waals surface area contributed by atoms with E-state index in [0.29, 0.717) is 10.8 Å². The van der Waals surface area contributed by atoms with E-state index >= 15 is 0 Å². The van der Waals surface area contributed by atoms with Gasteiger partial charge in [0.15, 0.2) is 16.5 Å². The molecule has 1 fully saturated rings. The van der Waals surface area contributed by atoms with Crippen LogP contribution in [0.15, 0.2) is 40.8 Å². The molecule has 4 rings (SSSR count). The zero-order valence-electron chi connectivity index (χ0n) is 13.4. The zero-order chi connectivity index (χ0) is 18.1. The number of furan rings is 1. The van der Waals surface area contributed by atoms with Gasteiger partial charge in [0.25, 0.3) is 0 Å². The number of carbonyl (C=O) groups excluding carboxylic acids is 3. The van der Waals surface area contributed by atoms with Crippen molar-refractivity contribution in [2.45, 2.75) is 18.9 Å². The minimum absolute atomic E-state index is 0.00200. The normalized spacial score (nSPS) is 13.4. The van der Waals surface area contributed by atoms with Crippen LogP contribution in [-0.2, 0) is 9.59 Å². The van der Waals surface area contributed by atoms with Crippen molar-refractivity contribution in [2.24, 2.45) is 0 Å². The minimum atomic E-state index is -0.928. The van der Waals surface area contributed by atoms with Crippen LogP contribution in [0.2, 0.25) is 0 Å². The number of nitrogens with one attached hydrogen (secondary N) is 3. The molecule has 2 heterocycles. The van der Waals surface area contributed by atoms with Gasteiger partial charge in [0, 0.05) is 6.04 Å². The van der Waals surface area contributed by atoms with Gasteiger partial charge in [-0.2, -0.15) is 0 Å². The number of para-hydroxylation sites is 1. The Morgan fingerprint density at radius 3 is 2.62 bits per heavy atom. The van der Waals surface area contributed by atoms with E-state index in [9.17, 15) is 14.4 Å². The molecule has 0 bridgehead atoms. The lowest BCUT2D eigenvalue weighted by Gasteiger charge is -2.05. The van der Waals surface area contributed by atoms with E-state index in [1.165, 1.54) is 17.4 Å². The molecule has 1 aromatic carbocycles. The fourth-order valence-electron chi connectivity index (χ4n) is 2.26. The third kappa shape index (κ3) is 3.42. The second-order valence-corrected chi connectivity index (χ2v) is 6.84. The summed E-state index contributed by atoms with van der Waals surface area (Å²) in [4.78, 5) is 39.6. The molecule has 0 saturated heterocycles. The van der Waals surface area contributed by atoms with Gasteiger partial charge in [-0.15, -0.1) is 11.3 Å². The lowest BCUT2D eigenvalue weighted by molar-refractivity contribution is -0.139. The summed E-state index contributed by atoms with van der Waals surface area (Å²) < 4.78 is 6.53. The average molecular weight is 370 g/mol. The number of amides is 3. The lowest BCUT2D eigenvalue weighted by Crippen LogP contribution is -2.48. The summed E-state index contributed by atoms with van der Waals surface area (Å²) in [6.07, 6.45) is 1.73. The first-order valence-corrected chi connectivity index (χ1v) is 8.79. The fraction of sp³-hybridized carbons (Fsp3) is 0.176. The molecule has 0 aliphatic heterocycles. The van der Waals surface area contributed by atoms with Crippen molar-refractivity contribution in [1.29, 1.82) is 0 Å². The maximum absolute atomic E-state index is 12.1. The van der Waals surface area contributed by atoms with Gasteiger partial charge >= 0.3 is 17.7 Å². The van der Waals surface area contributed by atoms with Gasteiger partial charge in [0.05, 0.1) is 10.2 Å². The molecule has 0 radical (unpaired) electrons. The highest BCUT2D eigenvalue weighted by atomic mass is 32.1. The molecular weight excluding hydrogens is 356 g/mol. The first kappa shape index (κ1) is 16.3. The van der Waals surface area contributed by atoms with Crippen LogP contribution in [-0.4, -0.2) is 28.7 Å². The number of rotatable bonds is 3. The number of benzene rings is 1. The summed E-state index contributed by atoms with van der Waals surface area (Å²) in [5.41, 5.74) is 5.07. The number of hydrazine groups is 1. The zero-order valence-corrected chi connectivity index (χ0v) is 14.3. The van der Waals surface area contributed by atoms with E-state index in [4.69, 9.17) is 4.42 Å². The van der Waals surface area contributed by atoms with Crippen molar-refractivity contribution in [1.82, 2.24) is 21.2 Å². The summed E-state index contributed by atoms with van der Waals surface area (Å²) in [5, 5.41) is 3.17. The third-order valence-corrected chi connectivity index (χ3v) is 4.79. The Kier molecular flexibility index (Phi) is 4.13. The lowest BCUT2D eigenvalue weighted by atomic mass is 10.3. The summed E-state index contributed by atoms with van der Waals surface area (Å²) in [6.45, 7) is 0. The van der Waals surface area contributed by atoms with Gasteiger partial charge in [-0.25, -0.2) is 4.98 Å². The molecule has 3 aromatic rings. The standard InChI is InChI=1S/C17H14N4O4S/c22-14(20-21-16(24)15(23)18-9-5-6-9)11-7-8-12(25-11)17-19-10-3-1-2-4-13(10)26-17/h1-4,7-9H,5-6H2,(H,18,23)(H,20,22)(H,21,24). The van der Waals surface area contributed by atoms with Crippen LogP contribution in [0.25, 0.3) is 21.0 Å². The molecule has 0 unspecified atom stereocenters. The van der Waals surface area contributed by atoms with E-state index in [1.807, 2.05) is 24.3 Å². The molecule has 8 nitrogen and oxygen atoms in total. The van der Waals surface area contributed by atoms with Crippen LogP contribution in [0, 0.1) is 0 Å². The molecule has 1 aliphatic rings. The van der Waals surface area contributed by atoms with Crippen molar-refractivity contribution < 1.29 is 18.8 Å². The molecule has 3 N–H and O–H groups in total. The van der Waals surface area contributed by atoms with Crippen molar-refractivity contribution in [3.8, 4) is 10.8 Å². The molecule has 26 heavy (non-hydrogen) atoms. The van der Waals surface area contributed by atoms with Gasteiger partial charge in [0.2, 0.25) is 0 Å². The molecule has 0 spiro atoms. The van der Waals surface area contributed by atoms with Crippen molar-refractivity contribution in [3.63, 3.8) is 0 Å². The number of fused-ring (bicyclic) bond motifs is 1. The van der Waals surface area contributed by atoms with E-state index in [0.717, 1.165) is 23.1 Å². The summed E-state index contributed by atoms with van der Waals surface area (Å²) in [7, 11) is 0. The second-order valence-electron chi connectivity index (χ2n) is 5.81. The van der Waals surface area contributed by atoms with Crippen LogP contribution >= 0.6 is 11.3 Å². The van der Waals surface area contributed by atoms with Crippen LogP contribution in [0.5, 0.6) is 0 Å². The quantitative estimate of drug-likeness (QED) is 0.479. The molecular formula is C17H14N4O4S. The predicted octanol–water partition coefficient (Wildman–Crippen LogP) is 1.60. The molecule has 3 amide bonds. The number of aromatic nitrogens is 1. The topological polar surface area (TPSA) is 113 Å². The number of hydrogen-bond acceptors (Lipinski definition) is 6. The Morgan fingerprint density at radius 1 is 1.04 bits per heavy atom. The molecule has 2 aromatic heterocycles. The maximum atomic E-state index is 12.1. The number of hydrogen-bond donors (Lipinski definition) is 3. The molecule has 9 heteroatoms. The van der Waals surface area contributed by atoms with Gasteiger partial charge in [-0.3, -0.25) is 25.2 Å². The monoisotopic (exact) mass is 370 g/mol. The summed E-state index contributed by atoms with van der Waals surface area (Å²) in [5.74, 6) is -1.91. The van der Waals surface area contributed by atoms with Crippen molar-refractivity contribution in [3.05, 3.63) is 42.2 Å². The van der Waals surface area contributed by atoms with Gasteiger partial charge in [-0.05, 0) is 37.1 Å². The number of carbonyl (C=O) groups is 3. The molecule has 1 aliphatic carbocycles. The highest BCUT2D eigenvalue weighted by Gasteiger charge is 2.26. The number of thiazole rings is 1. The second kappa shape index (κ2) is 6.60. The predicted molar refractivity (Wildman–Crippen MR) is 94.1 cm³/mol. The van der Waals surface area contributed by atoms with Crippen molar-refractivity contribution in [2.75, 3.05) is 0 Å². The van der Waals surface area contributed by atoms with E-state index in [1.54, 1.807) is 6.07 Å². The number of nitrogens with zero attached hydrogens (tertiary/aromatic N) is 1. The van der Waals surface area contributed by atoms with Crippen LogP contribution < -0.4 is 16.2 Å². The van der Waals surface area contributed by atoms with Gasteiger partial charge < -0.3 is 9.73 Å². The maximum Gasteiger partial charge on any atom is 0.327 e. The Morgan fingerprint density at radius 2 is 1.85 bits per heavy atom. The first-order chi connectivity index (χ1) is 12.6. The Balaban J connectivity index is 1.39. The van der Waals surface area contributed by atoms with Crippen LogP contribution in [0.3, 0.4) is 0 Å². The van der Waals surface area contributed by atoms with Crippen LogP contribution in [0.4, 0.5) is 0 Å². The average Bonchev–Trinajstić information content (AvgIpc) is 3.15. The Labute approximate surface area is 151 Å². The summed E-state index contributed by atoms with van der Waals surface area (Å²) >= 11 is 1.45. The minimum Gasteiger partial charge on any atom is -0.448 e. The van der Waals surface area contributed by atoms with Crippen molar-refractivity contribution >= 4 is 39.3 Å². The first-order valence-electron chi connectivity index (χ1n) is 7.97. The largest absolute Gasteiger partial charge is 0.448 e. The van der Waals surface area contributed by atoms with Gasteiger partial charge in [0.1, 0.15) is 0 Å². The van der Waals surface area contributed by atoms with Gasteiger partial charge in [-0.1, -0.05) is 12.1 Å². The smallest absolute Gasteiger partial charge is 0.327 e. The van der Waals surface area contributed by atoms with E-state index in [-0.39, 0.29) is 11.8 Å². The molecule has 132 valence electrons. The SMILES string of the molecule is O=C(NNC(=O)c1ccc(-c2nc3ccccc3s2)o1)C(=O)NC1CC1. The Hall–Kier alpha value is -3.20. The highest BCUT2D eigenvalue weighted by molar-refractivity contribution is 7.21. The summed E-state index contributed by atoms with van der Waals surface area (Å²) in [6, 6.07) is 10.8. The van der Waals surface area contributed by atoms with E-state index < -0.39 is 17.7 Å². The third-order valence-electron chi connectivity index (χ3n) is 3.74. The van der Waals surface area contributed by atoms with E-state index in [2.05, 4.69) is 21.2 Å². The molecule has 0 atom stereocenters.